The van der Waals surface area contributed by atoms with Crippen LogP contribution in [-0.4, -0.2) is 11.1 Å². The minimum absolute atomic E-state index is 0.194. The number of carboxylic acid groups (broad SMARTS) is 1. The van der Waals surface area contributed by atoms with Crippen LogP contribution in [0.3, 0.4) is 0 Å². The van der Waals surface area contributed by atoms with E-state index in [4.69, 9.17) is 0 Å². The van der Waals surface area contributed by atoms with Crippen LogP contribution in [0.5, 0.6) is 0 Å². The predicted octanol–water partition coefficient (Wildman–Crippen LogP) is 3.74. The molecule has 17 heavy (non-hydrogen) atoms. The largest absolute Gasteiger partial charge is 0.481 e. The highest BCUT2D eigenvalue weighted by Crippen LogP contribution is 2.36. The number of carbonyl (C=O) groups is 1. The summed E-state index contributed by atoms with van der Waals surface area (Å²) < 4.78 is 0. The van der Waals surface area contributed by atoms with Crippen LogP contribution in [0.15, 0.2) is 24.3 Å². The van der Waals surface area contributed by atoms with E-state index in [1.807, 2.05) is 0 Å². The van der Waals surface area contributed by atoms with E-state index < -0.39 is 5.97 Å². The molecule has 2 atom stereocenters. The van der Waals surface area contributed by atoms with E-state index in [1.54, 1.807) is 0 Å². The van der Waals surface area contributed by atoms with Gasteiger partial charge in [0.15, 0.2) is 0 Å². The minimum Gasteiger partial charge on any atom is -0.481 e. The number of hydrogen-bond donors (Lipinski definition) is 1. The van der Waals surface area contributed by atoms with Gasteiger partial charge in [0.25, 0.3) is 0 Å². The lowest BCUT2D eigenvalue weighted by Crippen LogP contribution is -2.21. The fourth-order valence-corrected chi connectivity index (χ4v) is 2.82. The summed E-state index contributed by atoms with van der Waals surface area (Å²) >= 11 is 0. The van der Waals surface area contributed by atoms with Crippen LogP contribution in [0.25, 0.3) is 0 Å². The van der Waals surface area contributed by atoms with Crippen molar-refractivity contribution in [3.8, 4) is 0 Å². The van der Waals surface area contributed by atoms with Crippen molar-refractivity contribution in [3.63, 3.8) is 0 Å². The van der Waals surface area contributed by atoms with Crippen LogP contribution in [0, 0.1) is 12.8 Å². The highest BCUT2D eigenvalue weighted by atomic mass is 16.4. The van der Waals surface area contributed by atoms with Crippen molar-refractivity contribution in [2.75, 3.05) is 0 Å². The molecule has 1 N–H and O–H groups in total. The summed E-state index contributed by atoms with van der Waals surface area (Å²) in [5.41, 5.74) is 2.43. The van der Waals surface area contributed by atoms with Crippen LogP contribution >= 0.6 is 0 Å². The monoisotopic (exact) mass is 232 g/mol. The molecule has 0 radical (unpaired) electrons. The first-order valence-corrected chi connectivity index (χ1v) is 6.48. The summed E-state index contributed by atoms with van der Waals surface area (Å²) in [7, 11) is 0. The number of benzene rings is 1. The fourth-order valence-electron chi connectivity index (χ4n) is 2.82. The third-order valence-corrected chi connectivity index (χ3v) is 3.84. The second-order valence-electron chi connectivity index (χ2n) is 5.10. The van der Waals surface area contributed by atoms with Crippen molar-refractivity contribution in [2.45, 2.75) is 44.9 Å². The predicted molar refractivity (Wildman–Crippen MR) is 68.1 cm³/mol. The van der Waals surface area contributed by atoms with E-state index in [0.717, 1.165) is 25.7 Å². The Hall–Kier alpha value is -1.31. The van der Waals surface area contributed by atoms with Crippen LogP contribution < -0.4 is 0 Å². The Morgan fingerprint density at radius 2 is 1.76 bits per heavy atom. The smallest absolute Gasteiger partial charge is 0.307 e. The van der Waals surface area contributed by atoms with E-state index in [-0.39, 0.29) is 11.8 Å². The van der Waals surface area contributed by atoms with Gasteiger partial charge >= 0.3 is 5.97 Å². The van der Waals surface area contributed by atoms with Crippen LogP contribution in [0.2, 0.25) is 0 Å². The van der Waals surface area contributed by atoms with Gasteiger partial charge in [0, 0.05) is 0 Å². The lowest BCUT2D eigenvalue weighted by atomic mass is 9.82. The summed E-state index contributed by atoms with van der Waals surface area (Å²) in [6, 6.07) is 8.36. The summed E-state index contributed by atoms with van der Waals surface area (Å²) in [6.07, 6.45) is 5.22. The molecule has 1 aromatic rings. The quantitative estimate of drug-likeness (QED) is 0.789. The van der Waals surface area contributed by atoms with Gasteiger partial charge in [-0.2, -0.15) is 0 Å². The third kappa shape index (κ3) is 2.87. The Labute approximate surface area is 103 Å². The van der Waals surface area contributed by atoms with Crippen LogP contribution in [0.1, 0.15) is 49.1 Å². The summed E-state index contributed by atoms with van der Waals surface area (Å²) in [5.74, 6) is -0.617. The van der Waals surface area contributed by atoms with Gasteiger partial charge < -0.3 is 5.11 Å². The van der Waals surface area contributed by atoms with Crippen molar-refractivity contribution in [1.29, 1.82) is 0 Å². The molecule has 1 aliphatic rings. The van der Waals surface area contributed by atoms with E-state index in [2.05, 4.69) is 31.2 Å². The molecule has 1 aromatic carbocycles. The van der Waals surface area contributed by atoms with Gasteiger partial charge in [-0.3, -0.25) is 4.79 Å². The van der Waals surface area contributed by atoms with E-state index in [9.17, 15) is 9.90 Å². The first kappa shape index (κ1) is 12.2. The average molecular weight is 232 g/mol. The van der Waals surface area contributed by atoms with Gasteiger partial charge in [-0.1, -0.05) is 49.1 Å². The molecule has 2 nitrogen and oxygen atoms in total. The van der Waals surface area contributed by atoms with Gasteiger partial charge in [-0.05, 0) is 31.2 Å². The van der Waals surface area contributed by atoms with Gasteiger partial charge in [0.2, 0.25) is 0 Å². The normalized spacial score (nSPS) is 25.2. The first-order chi connectivity index (χ1) is 8.18. The maximum atomic E-state index is 11.4. The van der Waals surface area contributed by atoms with Gasteiger partial charge in [0.05, 0.1) is 5.92 Å². The Morgan fingerprint density at radius 1 is 1.12 bits per heavy atom. The summed E-state index contributed by atoms with van der Waals surface area (Å²) in [5, 5.41) is 9.35. The molecule has 2 heteroatoms. The lowest BCUT2D eigenvalue weighted by molar-refractivity contribution is -0.142. The minimum atomic E-state index is -0.627. The van der Waals surface area contributed by atoms with Crippen LogP contribution in [-0.2, 0) is 4.79 Å². The molecule has 2 rings (SSSR count). The molecular weight excluding hydrogens is 212 g/mol. The van der Waals surface area contributed by atoms with Crippen molar-refractivity contribution in [1.82, 2.24) is 0 Å². The number of hydrogen-bond acceptors (Lipinski definition) is 1. The van der Waals surface area contributed by atoms with Crippen molar-refractivity contribution >= 4 is 5.97 Å². The van der Waals surface area contributed by atoms with Crippen LogP contribution in [0.4, 0.5) is 0 Å². The second kappa shape index (κ2) is 5.35. The molecule has 0 spiro atoms. The second-order valence-corrected chi connectivity index (χ2v) is 5.10. The van der Waals surface area contributed by atoms with Crippen molar-refractivity contribution in [3.05, 3.63) is 35.4 Å². The zero-order valence-electron chi connectivity index (χ0n) is 10.4. The summed E-state index contributed by atoms with van der Waals surface area (Å²) in [4.78, 5) is 11.4. The number of rotatable bonds is 2. The molecule has 2 unspecified atom stereocenters. The average Bonchev–Trinajstić information content (AvgIpc) is 2.55. The van der Waals surface area contributed by atoms with Crippen molar-refractivity contribution < 1.29 is 9.90 Å². The molecule has 0 heterocycles. The highest BCUT2D eigenvalue weighted by molar-refractivity contribution is 5.71. The Morgan fingerprint density at radius 3 is 2.41 bits per heavy atom. The Kier molecular flexibility index (Phi) is 3.82. The molecule has 1 fully saturated rings. The van der Waals surface area contributed by atoms with E-state index in [0.29, 0.717) is 0 Å². The summed E-state index contributed by atoms with van der Waals surface area (Å²) in [6.45, 7) is 2.06. The van der Waals surface area contributed by atoms with E-state index >= 15 is 0 Å². The molecule has 1 saturated carbocycles. The molecule has 0 bridgehead atoms. The molecule has 1 aliphatic carbocycles. The molecule has 0 saturated heterocycles. The maximum absolute atomic E-state index is 11.4. The molecule has 0 aromatic heterocycles. The number of aryl methyl sites for hydroxylation is 1. The maximum Gasteiger partial charge on any atom is 0.307 e. The SMILES string of the molecule is Cc1ccc(C2CCCCCC2C(=O)O)cc1. The molecule has 0 amide bonds. The zero-order chi connectivity index (χ0) is 12.3. The van der Waals surface area contributed by atoms with E-state index in [1.165, 1.54) is 17.5 Å². The third-order valence-electron chi connectivity index (χ3n) is 3.84. The zero-order valence-corrected chi connectivity index (χ0v) is 10.4. The first-order valence-electron chi connectivity index (χ1n) is 6.48. The Bertz CT molecular complexity index is 380. The molecule has 92 valence electrons. The van der Waals surface area contributed by atoms with Gasteiger partial charge in [-0.25, -0.2) is 0 Å². The highest BCUT2D eigenvalue weighted by Gasteiger charge is 2.30. The van der Waals surface area contributed by atoms with Gasteiger partial charge in [0.1, 0.15) is 0 Å². The number of carboxylic acids is 1. The number of aliphatic carboxylic acids is 1. The van der Waals surface area contributed by atoms with Gasteiger partial charge in [-0.15, -0.1) is 0 Å². The molecule has 0 aliphatic heterocycles. The van der Waals surface area contributed by atoms with Crippen molar-refractivity contribution in [2.24, 2.45) is 5.92 Å². The molecular formula is C15H20O2. The fraction of sp³-hybridized carbons (Fsp3) is 0.533. The standard InChI is InChI=1S/C15H20O2/c1-11-7-9-12(10-8-11)13-5-3-2-4-6-14(13)15(16)17/h7-10,13-14H,2-6H2,1H3,(H,16,17). The topological polar surface area (TPSA) is 37.3 Å². The lowest BCUT2D eigenvalue weighted by Gasteiger charge is -2.22. The Balaban J connectivity index is 2.25.